The molecule has 1 atom stereocenters. The molecule has 0 spiro atoms. The van der Waals surface area contributed by atoms with Gasteiger partial charge in [0.2, 0.25) is 5.91 Å². The average Bonchev–Trinajstić information content (AvgIpc) is 2.87. The van der Waals surface area contributed by atoms with Gasteiger partial charge < -0.3 is 0 Å². The van der Waals surface area contributed by atoms with E-state index in [0.717, 1.165) is 29.5 Å². The smallest absolute Gasteiger partial charge is 0.251 e. The lowest BCUT2D eigenvalue weighted by molar-refractivity contribution is -0.148. The summed E-state index contributed by atoms with van der Waals surface area (Å²) >= 11 is 0. The van der Waals surface area contributed by atoms with E-state index < -0.39 is 6.04 Å². The van der Waals surface area contributed by atoms with Crippen LogP contribution in [0.25, 0.3) is 10.4 Å². The maximum atomic E-state index is 14.0. The van der Waals surface area contributed by atoms with Crippen molar-refractivity contribution < 1.29 is 9.59 Å². The molecule has 7 heteroatoms. The second kappa shape index (κ2) is 13.1. The number of carbonyl (C=O) groups excluding carboxylic acids is 2. The van der Waals surface area contributed by atoms with Crippen LogP contribution in [0.4, 0.5) is 5.69 Å². The Morgan fingerprint density at radius 3 is 2.17 bits per heavy atom. The van der Waals surface area contributed by atoms with Crippen molar-refractivity contribution in [2.45, 2.75) is 45.8 Å². The van der Waals surface area contributed by atoms with Crippen LogP contribution in [0.5, 0.6) is 0 Å². The minimum absolute atomic E-state index is 0.255. The van der Waals surface area contributed by atoms with Gasteiger partial charge in [-0.3, -0.25) is 19.4 Å². The van der Waals surface area contributed by atoms with Crippen LogP contribution in [0.1, 0.15) is 49.4 Å². The number of rotatable bonds is 11. The normalized spacial score (nSPS) is 11.5. The summed E-state index contributed by atoms with van der Waals surface area (Å²) in [5.41, 5.74) is 12.2. The fourth-order valence-electron chi connectivity index (χ4n) is 4.10. The Labute approximate surface area is 206 Å². The molecular weight excluding hydrogens is 438 g/mol. The third kappa shape index (κ3) is 7.03. The zero-order chi connectivity index (χ0) is 25.0. The van der Waals surface area contributed by atoms with Gasteiger partial charge in [0.15, 0.2) is 0 Å². The molecule has 7 nitrogen and oxygen atoms in total. The SMILES string of the molecule is CCCCN(C(C)=O)C(=O)C(c1ccccc1)N(Cc1ccccc1)Cc1ccccc1N=[N+]=[N-]. The third-order valence-electron chi connectivity index (χ3n) is 5.84. The summed E-state index contributed by atoms with van der Waals surface area (Å²) in [6.07, 6.45) is 1.62. The van der Waals surface area contributed by atoms with E-state index in [4.69, 9.17) is 5.53 Å². The Morgan fingerprint density at radius 2 is 1.54 bits per heavy atom. The zero-order valence-corrected chi connectivity index (χ0v) is 20.2. The van der Waals surface area contributed by atoms with Gasteiger partial charge in [-0.05, 0) is 28.6 Å². The van der Waals surface area contributed by atoms with Gasteiger partial charge in [0.25, 0.3) is 5.91 Å². The van der Waals surface area contributed by atoms with Crippen molar-refractivity contribution >= 4 is 17.5 Å². The molecule has 3 aromatic carbocycles. The molecule has 0 aliphatic carbocycles. The second-order valence-electron chi connectivity index (χ2n) is 8.38. The molecule has 0 bridgehead atoms. The summed E-state index contributed by atoms with van der Waals surface area (Å²) in [4.78, 5) is 32.9. The number of benzene rings is 3. The second-order valence-corrected chi connectivity index (χ2v) is 8.38. The Balaban J connectivity index is 2.11. The minimum atomic E-state index is -0.698. The number of amides is 2. The first-order valence-electron chi connectivity index (χ1n) is 11.8. The maximum Gasteiger partial charge on any atom is 0.251 e. The fraction of sp³-hybridized carbons (Fsp3) is 0.286. The summed E-state index contributed by atoms with van der Waals surface area (Å²) in [6.45, 7) is 4.67. The molecule has 180 valence electrons. The fourth-order valence-corrected chi connectivity index (χ4v) is 4.10. The van der Waals surface area contributed by atoms with Gasteiger partial charge in [-0.2, -0.15) is 0 Å². The van der Waals surface area contributed by atoms with E-state index >= 15 is 0 Å². The molecule has 0 N–H and O–H groups in total. The molecule has 0 aliphatic rings. The molecule has 3 aromatic rings. The Kier molecular flexibility index (Phi) is 9.60. The van der Waals surface area contributed by atoms with E-state index in [1.165, 1.54) is 11.8 Å². The zero-order valence-electron chi connectivity index (χ0n) is 20.2. The number of nitrogens with zero attached hydrogens (tertiary/aromatic N) is 5. The number of hydrogen-bond donors (Lipinski definition) is 0. The van der Waals surface area contributed by atoms with Gasteiger partial charge in [-0.25, -0.2) is 0 Å². The Hall–Kier alpha value is -3.93. The number of carbonyl (C=O) groups is 2. The van der Waals surface area contributed by atoms with Crippen LogP contribution in [-0.2, 0) is 22.7 Å². The molecule has 35 heavy (non-hydrogen) atoms. The number of hydrogen-bond acceptors (Lipinski definition) is 4. The Morgan fingerprint density at radius 1 is 0.914 bits per heavy atom. The van der Waals surface area contributed by atoms with Crippen LogP contribution in [0.3, 0.4) is 0 Å². The highest BCUT2D eigenvalue weighted by molar-refractivity contribution is 5.97. The summed E-state index contributed by atoms with van der Waals surface area (Å²) in [5.74, 6) is -0.520. The first-order chi connectivity index (χ1) is 17.0. The predicted molar refractivity (Wildman–Crippen MR) is 137 cm³/mol. The summed E-state index contributed by atoms with van der Waals surface area (Å²) < 4.78 is 0. The van der Waals surface area contributed by atoms with Gasteiger partial charge in [0.1, 0.15) is 6.04 Å². The van der Waals surface area contributed by atoms with Crippen molar-refractivity contribution in [3.05, 3.63) is 112 Å². The maximum absolute atomic E-state index is 14.0. The molecule has 0 saturated carbocycles. The molecule has 0 aliphatic heterocycles. The van der Waals surface area contributed by atoms with E-state index in [1.807, 2.05) is 90.7 Å². The minimum Gasteiger partial charge on any atom is -0.281 e. The topological polar surface area (TPSA) is 89.4 Å². The molecule has 2 amide bonds. The van der Waals surface area contributed by atoms with Crippen molar-refractivity contribution in [2.24, 2.45) is 5.11 Å². The van der Waals surface area contributed by atoms with E-state index in [1.54, 1.807) is 6.07 Å². The molecule has 0 heterocycles. The van der Waals surface area contributed by atoms with E-state index in [2.05, 4.69) is 10.0 Å². The van der Waals surface area contributed by atoms with Crippen molar-refractivity contribution in [3.63, 3.8) is 0 Å². The predicted octanol–water partition coefficient (Wildman–Crippen LogP) is 6.55. The van der Waals surface area contributed by atoms with Gasteiger partial charge in [-0.1, -0.05) is 103 Å². The third-order valence-corrected chi connectivity index (χ3v) is 5.84. The lowest BCUT2D eigenvalue weighted by atomic mass is 10.0. The highest BCUT2D eigenvalue weighted by Gasteiger charge is 2.33. The van der Waals surface area contributed by atoms with Crippen LogP contribution in [0.15, 0.2) is 90.0 Å². The van der Waals surface area contributed by atoms with Crippen molar-refractivity contribution in [1.29, 1.82) is 0 Å². The van der Waals surface area contributed by atoms with Crippen LogP contribution in [0.2, 0.25) is 0 Å². The van der Waals surface area contributed by atoms with Crippen LogP contribution >= 0.6 is 0 Å². The monoisotopic (exact) mass is 469 g/mol. The molecule has 0 aromatic heterocycles. The van der Waals surface area contributed by atoms with E-state index in [0.29, 0.717) is 25.3 Å². The van der Waals surface area contributed by atoms with Gasteiger partial charge in [0.05, 0.1) is 0 Å². The molecular formula is C28H31N5O2. The largest absolute Gasteiger partial charge is 0.281 e. The van der Waals surface area contributed by atoms with Crippen LogP contribution in [0, 0.1) is 0 Å². The first kappa shape index (κ1) is 25.7. The first-order valence-corrected chi connectivity index (χ1v) is 11.8. The van der Waals surface area contributed by atoms with E-state index in [-0.39, 0.29) is 11.8 Å². The summed E-state index contributed by atoms with van der Waals surface area (Å²) in [5, 5.41) is 3.85. The molecule has 0 saturated heterocycles. The number of unbranched alkanes of at least 4 members (excludes halogenated alkanes) is 1. The lowest BCUT2D eigenvalue weighted by Crippen LogP contribution is -2.45. The Bertz CT molecular complexity index is 1160. The van der Waals surface area contributed by atoms with Gasteiger partial charge >= 0.3 is 0 Å². The van der Waals surface area contributed by atoms with Gasteiger partial charge in [0, 0.05) is 37.2 Å². The lowest BCUT2D eigenvalue weighted by Gasteiger charge is -2.34. The highest BCUT2D eigenvalue weighted by atomic mass is 16.2. The van der Waals surface area contributed by atoms with Crippen LogP contribution < -0.4 is 0 Å². The quantitative estimate of drug-likeness (QED) is 0.181. The average molecular weight is 470 g/mol. The molecule has 3 rings (SSSR count). The number of imide groups is 1. The highest BCUT2D eigenvalue weighted by Crippen LogP contribution is 2.30. The summed E-state index contributed by atoms with van der Waals surface area (Å²) in [6, 6.07) is 26.1. The van der Waals surface area contributed by atoms with Crippen LogP contribution in [-0.4, -0.2) is 28.2 Å². The van der Waals surface area contributed by atoms with Gasteiger partial charge in [-0.15, -0.1) is 0 Å². The number of azide groups is 1. The standard InChI is InChI=1S/C28H31N5O2/c1-3-4-19-33(22(2)34)28(35)27(24-15-9-6-10-16-24)32(20-23-13-7-5-8-14-23)21-25-17-11-12-18-26(25)30-31-29/h5-18,27H,3-4,19-21H2,1-2H3. The molecule has 0 radical (unpaired) electrons. The van der Waals surface area contributed by atoms with Crippen molar-refractivity contribution in [1.82, 2.24) is 9.80 Å². The van der Waals surface area contributed by atoms with Crippen molar-refractivity contribution in [3.8, 4) is 0 Å². The summed E-state index contributed by atoms with van der Waals surface area (Å²) in [7, 11) is 0. The molecule has 0 fully saturated rings. The van der Waals surface area contributed by atoms with Crippen molar-refractivity contribution in [2.75, 3.05) is 6.54 Å². The molecule has 1 unspecified atom stereocenters. The van der Waals surface area contributed by atoms with E-state index in [9.17, 15) is 9.59 Å².